The predicted octanol–water partition coefficient (Wildman–Crippen LogP) is 4.01. The Bertz CT molecular complexity index is 1180. The number of halogens is 1. The first-order valence-corrected chi connectivity index (χ1v) is 9.85. The predicted molar refractivity (Wildman–Crippen MR) is 110 cm³/mol. The standard InChI is InChI=1S/C23H22FN3O3/c1-13(2)30-23(29)26-16-9-18-17-8-14(11-25)6-7-20(17)27(21(18)10-16)12-15-4-3-5-19(24)22(15)28/h3-8,13,16,28H,9-10,12H2,1-2H3,(H,26,29)/t16-/m0/s1. The zero-order valence-electron chi connectivity index (χ0n) is 16.8. The summed E-state index contributed by atoms with van der Waals surface area (Å²) in [4.78, 5) is 12.0. The van der Waals surface area contributed by atoms with Crippen LogP contribution in [-0.4, -0.2) is 27.9 Å². The molecule has 0 radical (unpaired) electrons. The molecule has 1 amide bonds. The van der Waals surface area contributed by atoms with Crippen molar-refractivity contribution in [3.63, 3.8) is 0 Å². The van der Waals surface area contributed by atoms with E-state index < -0.39 is 11.9 Å². The number of para-hydroxylation sites is 1. The Morgan fingerprint density at radius 1 is 1.37 bits per heavy atom. The van der Waals surface area contributed by atoms with Crippen LogP contribution in [0.3, 0.4) is 0 Å². The molecule has 2 N–H and O–H groups in total. The molecule has 7 heteroatoms. The molecule has 0 aliphatic heterocycles. The first-order valence-electron chi connectivity index (χ1n) is 9.85. The highest BCUT2D eigenvalue weighted by Gasteiger charge is 2.30. The van der Waals surface area contributed by atoms with E-state index in [1.54, 1.807) is 32.0 Å². The maximum Gasteiger partial charge on any atom is 0.407 e. The SMILES string of the molecule is CC(C)OC(=O)N[C@H]1Cc2c(n(Cc3cccc(F)c3O)c3ccc(C#N)cc23)C1. The van der Waals surface area contributed by atoms with Crippen LogP contribution >= 0.6 is 0 Å². The molecular weight excluding hydrogens is 385 g/mol. The number of hydrogen-bond acceptors (Lipinski definition) is 4. The number of benzene rings is 2. The molecule has 2 aromatic carbocycles. The van der Waals surface area contributed by atoms with Crippen LogP contribution in [0.4, 0.5) is 9.18 Å². The van der Waals surface area contributed by atoms with E-state index in [2.05, 4.69) is 11.4 Å². The minimum absolute atomic E-state index is 0.135. The Kier molecular flexibility index (Phi) is 5.08. The smallest absolute Gasteiger partial charge is 0.407 e. The minimum Gasteiger partial charge on any atom is -0.505 e. The fourth-order valence-electron chi connectivity index (χ4n) is 4.11. The van der Waals surface area contributed by atoms with Crippen molar-refractivity contribution in [3.8, 4) is 11.8 Å². The van der Waals surface area contributed by atoms with Crippen molar-refractivity contribution in [2.75, 3.05) is 0 Å². The summed E-state index contributed by atoms with van der Waals surface area (Å²) in [5.74, 6) is -1.03. The minimum atomic E-state index is -0.664. The zero-order chi connectivity index (χ0) is 21.4. The molecule has 1 atom stereocenters. The maximum atomic E-state index is 13.8. The van der Waals surface area contributed by atoms with Gasteiger partial charge in [0.25, 0.3) is 0 Å². The van der Waals surface area contributed by atoms with E-state index >= 15 is 0 Å². The van der Waals surface area contributed by atoms with Gasteiger partial charge in [-0.25, -0.2) is 9.18 Å². The molecule has 154 valence electrons. The highest BCUT2D eigenvalue weighted by molar-refractivity contribution is 5.88. The van der Waals surface area contributed by atoms with E-state index in [1.807, 2.05) is 16.7 Å². The number of carbonyl (C=O) groups excluding carboxylic acids is 1. The molecule has 1 heterocycles. The summed E-state index contributed by atoms with van der Waals surface area (Å²) >= 11 is 0. The summed E-state index contributed by atoms with van der Waals surface area (Å²) in [7, 11) is 0. The van der Waals surface area contributed by atoms with Crippen LogP contribution in [0.2, 0.25) is 0 Å². The molecule has 0 fully saturated rings. The van der Waals surface area contributed by atoms with E-state index in [1.165, 1.54) is 6.07 Å². The largest absolute Gasteiger partial charge is 0.505 e. The third-order valence-corrected chi connectivity index (χ3v) is 5.37. The summed E-state index contributed by atoms with van der Waals surface area (Å²) < 4.78 is 21.1. The van der Waals surface area contributed by atoms with Gasteiger partial charge in [0.15, 0.2) is 11.6 Å². The Labute approximate surface area is 173 Å². The normalized spacial score (nSPS) is 15.2. The second-order valence-corrected chi connectivity index (χ2v) is 7.81. The fraction of sp³-hybridized carbons (Fsp3) is 0.304. The number of nitrogens with zero attached hydrogens (tertiary/aromatic N) is 2. The van der Waals surface area contributed by atoms with Crippen molar-refractivity contribution in [2.45, 2.75) is 45.4 Å². The first kappa shape index (κ1) is 19.8. The van der Waals surface area contributed by atoms with Crippen molar-refractivity contribution in [3.05, 3.63) is 64.6 Å². The number of fused-ring (bicyclic) bond motifs is 3. The Hall–Kier alpha value is -3.53. The third kappa shape index (κ3) is 3.57. The number of nitriles is 1. The lowest BCUT2D eigenvalue weighted by Crippen LogP contribution is -2.37. The van der Waals surface area contributed by atoms with Crippen LogP contribution in [-0.2, 0) is 24.1 Å². The molecule has 0 unspecified atom stereocenters. The summed E-state index contributed by atoms with van der Waals surface area (Å²) in [5, 5.41) is 23.3. The molecule has 1 aromatic heterocycles. The number of rotatable bonds is 4. The molecule has 3 aromatic rings. The number of alkyl carbamates (subject to hydrolysis) is 1. The van der Waals surface area contributed by atoms with Gasteiger partial charge in [0.2, 0.25) is 0 Å². The molecule has 4 rings (SSSR count). The van der Waals surface area contributed by atoms with Crippen LogP contribution < -0.4 is 5.32 Å². The number of carbonyl (C=O) groups is 1. The monoisotopic (exact) mass is 407 g/mol. The lowest BCUT2D eigenvalue weighted by atomic mass is 10.1. The van der Waals surface area contributed by atoms with Crippen molar-refractivity contribution in [1.29, 1.82) is 5.26 Å². The van der Waals surface area contributed by atoms with Crippen LogP contribution in [0.15, 0.2) is 36.4 Å². The van der Waals surface area contributed by atoms with Crippen LogP contribution in [0.1, 0.15) is 36.2 Å². The van der Waals surface area contributed by atoms with Crippen molar-refractivity contribution in [2.24, 2.45) is 0 Å². The third-order valence-electron chi connectivity index (χ3n) is 5.37. The molecule has 1 aliphatic carbocycles. The average Bonchev–Trinajstić information content (AvgIpc) is 3.22. The van der Waals surface area contributed by atoms with Crippen LogP contribution in [0.5, 0.6) is 5.75 Å². The molecule has 1 aliphatic rings. The van der Waals surface area contributed by atoms with E-state index in [-0.39, 0.29) is 24.4 Å². The number of aromatic hydroxyl groups is 1. The molecule has 30 heavy (non-hydrogen) atoms. The molecule has 0 spiro atoms. The van der Waals surface area contributed by atoms with Crippen LogP contribution in [0.25, 0.3) is 10.9 Å². The Morgan fingerprint density at radius 3 is 2.90 bits per heavy atom. The van der Waals surface area contributed by atoms with Crippen molar-refractivity contribution in [1.82, 2.24) is 9.88 Å². The maximum absolute atomic E-state index is 13.8. The average molecular weight is 407 g/mol. The van der Waals surface area contributed by atoms with E-state index in [0.717, 1.165) is 22.2 Å². The molecule has 0 bridgehead atoms. The number of ether oxygens (including phenoxy) is 1. The fourth-order valence-corrected chi connectivity index (χ4v) is 4.11. The number of hydrogen-bond donors (Lipinski definition) is 2. The first-order chi connectivity index (χ1) is 14.4. The van der Waals surface area contributed by atoms with Crippen LogP contribution in [0, 0.1) is 17.1 Å². The van der Waals surface area contributed by atoms with E-state index in [4.69, 9.17) is 4.74 Å². The summed E-state index contributed by atoms with van der Waals surface area (Å²) in [6, 6.07) is 12.0. The van der Waals surface area contributed by atoms with E-state index in [0.29, 0.717) is 24.0 Å². The Balaban J connectivity index is 1.73. The highest BCUT2D eigenvalue weighted by Crippen LogP contribution is 2.35. The van der Waals surface area contributed by atoms with Gasteiger partial charge in [-0.05, 0) is 50.1 Å². The summed E-state index contributed by atoms with van der Waals surface area (Å²) in [5.41, 5.74) is 3.97. The summed E-state index contributed by atoms with van der Waals surface area (Å²) in [6.45, 7) is 3.86. The number of amides is 1. The number of aromatic nitrogens is 1. The molecular formula is C23H22FN3O3. The summed E-state index contributed by atoms with van der Waals surface area (Å²) in [6.07, 6.45) is 0.514. The van der Waals surface area contributed by atoms with Gasteiger partial charge in [-0.1, -0.05) is 12.1 Å². The van der Waals surface area contributed by atoms with Gasteiger partial charge >= 0.3 is 6.09 Å². The Morgan fingerprint density at radius 2 is 2.17 bits per heavy atom. The second kappa shape index (κ2) is 7.71. The number of phenolic OH excluding ortho intramolecular Hbond substituents is 1. The highest BCUT2D eigenvalue weighted by atomic mass is 19.1. The van der Waals surface area contributed by atoms with Gasteiger partial charge in [-0.3, -0.25) is 0 Å². The van der Waals surface area contributed by atoms with Crippen molar-refractivity contribution >= 4 is 17.0 Å². The number of phenols is 1. The van der Waals surface area contributed by atoms with Gasteiger partial charge in [-0.2, -0.15) is 5.26 Å². The van der Waals surface area contributed by atoms with Gasteiger partial charge < -0.3 is 19.7 Å². The van der Waals surface area contributed by atoms with Gasteiger partial charge in [0.05, 0.1) is 24.3 Å². The number of nitrogens with one attached hydrogen (secondary N) is 1. The lowest BCUT2D eigenvalue weighted by molar-refractivity contribution is 0.112. The molecule has 0 saturated heterocycles. The van der Waals surface area contributed by atoms with Gasteiger partial charge in [0.1, 0.15) is 0 Å². The quantitative estimate of drug-likeness (QED) is 0.684. The lowest BCUT2D eigenvalue weighted by Gasteiger charge is -2.16. The second-order valence-electron chi connectivity index (χ2n) is 7.81. The van der Waals surface area contributed by atoms with Crippen molar-refractivity contribution < 1.29 is 19.0 Å². The molecule has 0 saturated carbocycles. The van der Waals surface area contributed by atoms with Gasteiger partial charge in [-0.15, -0.1) is 0 Å². The topological polar surface area (TPSA) is 87.3 Å². The van der Waals surface area contributed by atoms with E-state index in [9.17, 15) is 19.6 Å². The molecule has 6 nitrogen and oxygen atoms in total. The van der Waals surface area contributed by atoms with Gasteiger partial charge in [0, 0.05) is 34.6 Å². The zero-order valence-corrected chi connectivity index (χ0v) is 16.8.